The number of aliphatic hydroxyl groups is 2. The SMILES string of the molecule is C=CC(=O)N(CCCC(C)(CC)[Si](C)(C)OC(C)(C)[Si](C)(C)CCCC)CC(O)CO. The average molecular weight is 474 g/mol. The Bertz CT molecular complexity index is 566. The molecule has 0 heterocycles. The molecule has 0 spiro atoms. The third-order valence-electron chi connectivity index (χ3n) is 7.81. The first-order valence-corrected chi connectivity index (χ1v) is 18.1. The van der Waals surface area contributed by atoms with Gasteiger partial charge in [-0.2, -0.15) is 0 Å². The van der Waals surface area contributed by atoms with Crippen molar-refractivity contribution in [3.05, 3.63) is 12.7 Å². The molecule has 2 unspecified atom stereocenters. The number of carbonyl (C=O) groups excluding carboxylic acids is 1. The highest BCUT2D eigenvalue weighted by Crippen LogP contribution is 2.48. The summed E-state index contributed by atoms with van der Waals surface area (Å²) >= 11 is 0. The lowest BCUT2D eigenvalue weighted by molar-refractivity contribution is -0.127. The lowest BCUT2D eigenvalue weighted by Gasteiger charge is -2.51. The van der Waals surface area contributed by atoms with Crippen molar-refractivity contribution >= 4 is 22.3 Å². The normalized spacial score (nSPS) is 16.0. The van der Waals surface area contributed by atoms with Crippen molar-refractivity contribution in [2.45, 2.75) is 115 Å². The summed E-state index contributed by atoms with van der Waals surface area (Å²) < 4.78 is 7.08. The molecule has 0 aliphatic carbocycles. The number of unbranched alkanes of at least 4 members (excludes halogenated alkanes) is 1. The van der Waals surface area contributed by atoms with Crippen molar-refractivity contribution in [2.75, 3.05) is 19.7 Å². The molecule has 7 heteroatoms. The Hall–Kier alpha value is -0.476. The van der Waals surface area contributed by atoms with Crippen LogP contribution in [0.2, 0.25) is 37.3 Å². The molecule has 0 aliphatic heterocycles. The summed E-state index contributed by atoms with van der Waals surface area (Å²) in [4.78, 5) is 13.8. The predicted molar refractivity (Wildman–Crippen MR) is 138 cm³/mol. The van der Waals surface area contributed by atoms with Gasteiger partial charge in [-0.05, 0) is 50.9 Å². The molecule has 5 nitrogen and oxygen atoms in total. The molecule has 0 aliphatic rings. The molecule has 0 radical (unpaired) electrons. The number of hydrogen-bond acceptors (Lipinski definition) is 4. The molecule has 0 fully saturated rings. The third-order valence-corrected chi connectivity index (χ3v) is 17.5. The molecule has 2 atom stereocenters. The second-order valence-corrected chi connectivity index (χ2v) is 20.9. The lowest BCUT2D eigenvalue weighted by Crippen LogP contribution is -2.59. The Balaban J connectivity index is 5.33. The molecular weight excluding hydrogens is 422 g/mol. The number of carbonyl (C=O) groups is 1. The number of amides is 1. The summed E-state index contributed by atoms with van der Waals surface area (Å²) in [7, 11) is -3.61. The maximum absolute atomic E-state index is 12.2. The molecular formula is C24H51NO4Si2. The minimum atomic E-state index is -2.07. The summed E-state index contributed by atoms with van der Waals surface area (Å²) in [6, 6.07) is 1.29. The highest BCUT2D eigenvalue weighted by molar-refractivity contribution is 6.82. The third kappa shape index (κ3) is 8.76. The molecule has 1 amide bonds. The van der Waals surface area contributed by atoms with E-state index >= 15 is 0 Å². The molecule has 31 heavy (non-hydrogen) atoms. The van der Waals surface area contributed by atoms with E-state index in [0.29, 0.717) is 6.54 Å². The first-order chi connectivity index (χ1) is 14.1. The highest BCUT2D eigenvalue weighted by atomic mass is 28.4. The van der Waals surface area contributed by atoms with E-state index in [9.17, 15) is 9.90 Å². The van der Waals surface area contributed by atoms with Crippen LogP contribution in [-0.4, -0.2) is 68.4 Å². The number of hydrogen-bond donors (Lipinski definition) is 2. The van der Waals surface area contributed by atoms with Crippen LogP contribution in [0, 0.1) is 0 Å². The summed E-state index contributed by atoms with van der Waals surface area (Å²) in [6.07, 6.45) is 5.68. The van der Waals surface area contributed by atoms with Gasteiger partial charge in [0.15, 0.2) is 8.32 Å². The van der Waals surface area contributed by atoms with Gasteiger partial charge in [0, 0.05) is 18.3 Å². The number of rotatable bonds is 16. The Labute approximate surface area is 194 Å². The zero-order valence-corrected chi connectivity index (χ0v) is 23.9. The summed E-state index contributed by atoms with van der Waals surface area (Å²) in [5, 5.41) is 18.9. The Morgan fingerprint density at radius 2 is 1.74 bits per heavy atom. The van der Waals surface area contributed by atoms with Crippen LogP contribution in [-0.2, 0) is 9.22 Å². The van der Waals surface area contributed by atoms with Crippen LogP contribution in [0.15, 0.2) is 12.7 Å². The first kappa shape index (κ1) is 30.5. The molecule has 0 rings (SSSR count). The van der Waals surface area contributed by atoms with Gasteiger partial charge in [0.25, 0.3) is 0 Å². The molecule has 0 aromatic rings. The Morgan fingerprint density at radius 3 is 2.19 bits per heavy atom. The fourth-order valence-corrected chi connectivity index (χ4v) is 11.0. The van der Waals surface area contributed by atoms with Gasteiger partial charge < -0.3 is 19.5 Å². The smallest absolute Gasteiger partial charge is 0.246 e. The van der Waals surface area contributed by atoms with Crippen LogP contribution in [0.4, 0.5) is 0 Å². The quantitative estimate of drug-likeness (QED) is 0.234. The predicted octanol–water partition coefficient (Wildman–Crippen LogP) is 5.35. The second kappa shape index (κ2) is 12.7. The zero-order chi connectivity index (χ0) is 24.5. The first-order valence-electron chi connectivity index (χ1n) is 12.0. The van der Waals surface area contributed by atoms with Gasteiger partial charge >= 0.3 is 0 Å². The number of aliphatic hydroxyl groups excluding tert-OH is 2. The van der Waals surface area contributed by atoms with E-state index in [-0.39, 0.29) is 29.3 Å². The van der Waals surface area contributed by atoms with Gasteiger partial charge in [-0.1, -0.05) is 65.8 Å². The zero-order valence-electron chi connectivity index (χ0n) is 21.9. The maximum atomic E-state index is 12.2. The minimum Gasteiger partial charge on any atom is -0.415 e. The number of nitrogens with zero attached hydrogens (tertiary/aromatic N) is 1. The van der Waals surface area contributed by atoms with E-state index < -0.39 is 22.5 Å². The van der Waals surface area contributed by atoms with Crippen LogP contribution in [0.25, 0.3) is 0 Å². The molecule has 0 saturated heterocycles. The van der Waals surface area contributed by atoms with E-state index in [2.05, 4.69) is 67.4 Å². The summed E-state index contributed by atoms with van der Waals surface area (Å²) in [5.41, 5.74) is 0. The Kier molecular flexibility index (Phi) is 12.5. The van der Waals surface area contributed by atoms with Crippen molar-refractivity contribution in [2.24, 2.45) is 0 Å². The van der Waals surface area contributed by atoms with Gasteiger partial charge in [-0.15, -0.1) is 0 Å². The fraction of sp³-hybridized carbons (Fsp3) is 0.875. The van der Waals surface area contributed by atoms with E-state index in [1.54, 1.807) is 4.90 Å². The van der Waals surface area contributed by atoms with Crippen LogP contribution in [0.1, 0.15) is 66.7 Å². The molecule has 0 bridgehead atoms. The summed E-state index contributed by atoms with van der Waals surface area (Å²) in [6.45, 7) is 25.0. The van der Waals surface area contributed by atoms with Crippen LogP contribution >= 0.6 is 0 Å². The largest absolute Gasteiger partial charge is 0.415 e. The van der Waals surface area contributed by atoms with Gasteiger partial charge in [-0.25, -0.2) is 0 Å². The van der Waals surface area contributed by atoms with Gasteiger partial charge in [0.2, 0.25) is 5.91 Å². The molecule has 0 aromatic carbocycles. The summed E-state index contributed by atoms with van der Waals surface area (Å²) in [5.74, 6) is -0.205. The molecule has 0 saturated carbocycles. The molecule has 0 aromatic heterocycles. The standard InChI is InChI=1S/C24H51NO4Si2/c1-11-14-18-30(7,8)23(4,5)29-31(9,10)24(6,13-3)16-15-17-25(22(28)12-2)19-21(27)20-26/h12,21,26-27H,2,11,13-20H2,1,3-10H3. The van der Waals surface area contributed by atoms with Gasteiger partial charge in [0.1, 0.15) is 0 Å². The van der Waals surface area contributed by atoms with Crippen LogP contribution < -0.4 is 0 Å². The van der Waals surface area contributed by atoms with Crippen molar-refractivity contribution in [3.63, 3.8) is 0 Å². The highest BCUT2D eigenvalue weighted by Gasteiger charge is 2.50. The lowest BCUT2D eigenvalue weighted by atomic mass is 10.0. The van der Waals surface area contributed by atoms with E-state index in [4.69, 9.17) is 9.53 Å². The van der Waals surface area contributed by atoms with Crippen molar-refractivity contribution < 1.29 is 19.4 Å². The monoisotopic (exact) mass is 473 g/mol. The average Bonchev–Trinajstić information content (AvgIpc) is 2.69. The Morgan fingerprint density at radius 1 is 1.16 bits per heavy atom. The second-order valence-electron chi connectivity index (χ2n) is 11.0. The topological polar surface area (TPSA) is 70.0 Å². The van der Waals surface area contributed by atoms with E-state index in [1.807, 2.05) is 0 Å². The van der Waals surface area contributed by atoms with Crippen molar-refractivity contribution in [1.29, 1.82) is 0 Å². The molecule has 2 N–H and O–H groups in total. The van der Waals surface area contributed by atoms with Crippen molar-refractivity contribution in [3.8, 4) is 0 Å². The van der Waals surface area contributed by atoms with Crippen LogP contribution in [0.3, 0.4) is 0 Å². The van der Waals surface area contributed by atoms with Gasteiger partial charge in [0.05, 0.1) is 20.8 Å². The van der Waals surface area contributed by atoms with Crippen LogP contribution in [0.5, 0.6) is 0 Å². The minimum absolute atomic E-state index is 0.0790. The van der Waals surface area contributed by atoms with Crippen molar-refractivity contribution in [1.82, 2.24) is 4.90 Å². The van der Waals surface area contributed by atoms with E-state index in [0.717, 1.165) is 19.3 Å². The van der Waals surface area contributed by atoms with E-state index in [1.165, 1.54) is 25.0 Å². The fourth-order valence-electron chi connectivity index (χ4n) is 4.12. The molecule has 184 valence electrons. The van der Waals surface area contributed by atoms with Gasteiger partial charge in [-0.3, -0.25) is 4.79 Å². The maximum Gasteiger partial charge on any atom is 0.246 e.